The lowest BCUT2D eigenvalue weighted by Gasteiger charge is -1.99. The highest BCUT2D eigenvalue weighted by Gasteiger charge is 1.99. The van der Waals surface area contributed by atoms with E-state index in [4.69, 9.17) is 5.11 Å². The standard InChI is InChI=1S/C19H22O2S/c20-19(21)13-6-2-5-11-17-14-15-18(22-17)12-7-10-16-8-3-1-4-9-16/h1,3-5,8-9,11,14-15H,2,6-7,10,12-13H2,(H,20,21). The first-order valence-electron chi connectivity index (χ1n) is 7.75. The molecule has 1 aromatic heterocycles. The van der Waals surface area contributed by atoms with Crippen molar-refractivity contribution >= 4 is 23.4 Å². The maximum Gasteiger partial charge on any atom is 0.303 e. The minimum absolute atomic E-state index is 0.250. The first-order valence-corrected chi connectivity index (χ1v) is 8.56. The molecule has 0 bridgehead atoms. The van der Waals surface area contributed by atoms with Crippen LogP contribution in [0.4, 0.5) is 0 Å². The number of hydrogen-bond donors (Lipinski definition) is 1. The maximum atomic E-state index is 10.4. The summed E-state index contributed by atoms with van der Waals surface area (Å²) in [7, 11) is 0. The van der Waals surface area contributed by atoms with Crippen LogP contribution in [-0.4, -0.2) is 11.1 Å². The number of unbranched alkanes of at least 4 members (excludes halogenated alkanes) is 1. The molecule has 22 heavy (non-hydrogen) atoms. The highest BCUT2D eigenvalue weighted by molar-refractivity contribution is 7.12. The summed E-state index contributed by atoms with van der Waals surface area (Å²) >= 11 is 1.83. The van der Waals surface area contributed by atoms with Crippen molar-refractivity contribution < 1.29 is 9.90 Å². The number of thiophene rings is 1. The fourth-order valence-corrected chi connectivity index (χ4v) is 3.29. The van der Waals surface area contributed by atoms with Crippen LogP contribution >= 0.6 is 11.3 Å². The molecule has 0 spiro atoms. The molecule has 2 aromatic rings. The van der Waals surface area contributed by atoms with Gasteiger partial charge in [-0.3, -0.25) is 4.79 Å². The van der Waals surface area contributed by atoms with Gasteiger partial charge in [-0.25, -0.2) is 0 Å². The average molecular weight is 314 g/mol. The van der Waals surface area contributed by atoms with Gasteiger partial charge in [-0.1, -0.05) is 36.4 Å². The van der Waals surface area contributed by atoms with Crippen molar-refractivity contribution in [3.63, 3.8) is 0 Å². The lowest BCUT2D eigenvalue weighted by molar-refractivity contribution is -0.137. The maximum absolute atomic E-state index is 10.4. The van der Waals surface area contributed by atoms with Crippen molar-refractivity contribution in [2.45, 2.75) is 38.5 Å². The van der Waals surface area contributed by atoms with E-state index in [0.717, 1.165) is 19.3 Å². The van der Waals surface area contributed by atoms with E-state index in [1.807, 2.05) is 11.3 Å². The van der Waals surface area contributed by atoms with E-state index >= 15 is 0 Å². The molecule has 0 saturated carbocycles. The summed E-state index contributed by atoms with van der Waals surface area (Å²) in [6.07, 6.45) is 9.38. The van der Waals surface area contributed by atoms with Gasteiger partial charge in [-0.15, -0.1) is 11.3 Å². The zero-order valence-electron chi connectivity index (χ0n) is 12.7. The van der Waals surface area contributed by atoms with E-state index in [0.29, 0.717) is 6.42 Å². The zero-order chi connectivity index (χ0) is 15.6. The smallest absolute Gasteiger partial charge is 0.303 e. The molecular formula is C19H22O2S. The molecule has 1 aromatic carbocycles. The predicted octanol–water partition coefficient (Wildman–Crippen LogP) is 5.19. The van der Waals surface area contributed by atoms with Gasteiger partial charge < -0.3 is 5.11 Å². The van der Waals surface area contributed by atoms with Crippen molar-refractivity contribution in [1.82, 2.24) is 0 Å². The first-order chi connectivity index (χ1) is 10.7. The Labute approximate surface area is 136 Å². The molecule has 0 fully saturated rings. The third-order valence-corrected chi connectivity index (χ3v) is 4.57. The quantitative estimate of drug-likeness (QED) is 0.647. The summed E-state index contributed by atoms with van der Waals surface area (Å²) in [5.74, 6) is -0.717. The van der Waals surface area contributed by atoms with E-state index < -0.39 is 5.97 Å². The molecule has 0 atom stereocenters. The number of allylic oxidation sites excluding steroid dienone is 1. The Hall–Kier alpha value is -1.87. The number of hydrogen-bond acceptors (Lipinski definition) is 2. The molecule has 1 N–H and O–H groups in total. The lowest BCUT2D eigenvalue weighted by Crippen LogP contribution is -1.92. The van der Waals surface area contributed by atoms with Crippen molar-refractivity contribution in [2.75, 3.05) is 0 Å². The molecule has 0 aliphatic rings. The number of benzene rings is 1. The summed E-state index contributed by atoms with van der Waals surface area (Å²) in [5.41, 5.74) is 1.40. The normalized spacial score (nSPS) is 11.1. The van der Waals surface area contributed by atoms with Crippen LogP contribution in [0.5, 0.6) is 0 Å². The number of rotatable bonds is 9. The summed E-state index contributed by atoms with van der Waals surface area (Å²) in [6.45, 7) is 0. The van der Waals surface area contributed by atoms with Gasteiger partial charge in [-0.05, 0) is 55.9 Å². The minimum atomic E-state index is -0.717. The summed E-state index contributed by atoms with van der Waals surface area (Å²) < 4.78 is 0. The second-order valence-electron chi connectivity index (χ2n) is 5.33. The van der Waals surface area contributed by atoms with E-state index in [9.17, 15) is 4.79 Å². The van der Waals surface area contributed by atoms with Gasteiger partial charge in [0.1, 0.15) is 0 Å². The summed E-state index contributed by atoms with van der Waals surface area (Å²) in [4.78, 5) is 13.1. The largest absolute Gasteiger partial charge is 0.481 e. The Kier molecular flexibility index (Phi) is 6.91. The van der Waals surface area contributed by atoms with E-state index in [1.165, 1.54) is 21.7 Å². The third-order valence-electron chi connectivity index (χ3n) is 3.46. The van der Waals surface area contributed by atoms with Crippen LogP contribution in [0.3, 0.4) is 0 Å². The van der Waals surface area contributed by atoms with Crippen LogP contribution < -0.4 is 0 Å². The molecule has 0 aliphatic carbocycles. The highest BCUT2D eigenvalue weighted by Crippen LogP contribution is 2.20. The Morgan fingerprint density at radius 3 is 2.64 bits per heavy atom. The SMILES string of the molecule is O=C(O)CCCC=Cc1ccc(CCCc2ccccc2)s1. The second-order valence-corrected chi connectivity index (χ2v) is 6.53. The lowest BCUT2D eigenvalue weighted by atomic mass is 10.1. The molecular weight excluding hydrogens is 292 g/mol. The molecule has 1 heterocycles. The van der Waals surface area contributed by atoms with Crippen molar-refractivity contribution in [2.24, 2.45) is 0 Å². The van der Waals surface area contributed by atoms with Gasteiger partial charge in [0.2, 0.25) is 0 Å². The summed E-state index contributed by atoms with van der Waals surface area (Å²) in [5, 5.41) is 8.58. The second kappa shape index (κ2) is 9.21. The molecule has 0 amide bonds. The van der Waals surface area contributed by atoms with Crippen LogP contribution in [0.15, 0.2) is 48.5 Å². The Morgan fingerprint density at radius 1 is 1.05 bits per heavy atom. The van der Waals surface area contributed by atoms with Crippen LogP contribution in [0, 0.1) is 0 Å². The average Bonchev–Trinajstić information content (AvgIpc) is 2.95. The molecule has 2 rings (SSSR count). The molecule has 0 aliphatic heterocycles. The molecule has 2 nitrogen and oxygen atoms in total. The van der Waals surface area contributed by atoms with E-state index in [-0.39, 0.29) is 6.42 Å². The third kappa shape index (κ3) is 6.27. The number of carbonyl (C=O) groups is 1. The van der Waals surface area contributed by atoms with Crippen molar-refractivity contribution in [3.8, 4) is 0 Å². The fraction of sp³-hybridized carbons (Fsp3) is 0.316. The molecule has 0 unspecified atom stereocenters. The van der Waals surface area contributed by atoms with Crippen LogP contribution in [-0.2, 0) is 17.6 Å². The first kappa shape index (κ1) is 16.5. The van der Waals surface area contributed by atoms with Gasteiger partial charge in [0, 0.05) is 16.2 Å². The predicted molar refractivity (Wildman–Crippen MR) is 93.3 cm³/mol. The van der Waals surface area contributed by atoms with Crippen molar-refractivity contribution in [3.05, 3.63) is 63.9 Å². The number of carboxylic acids is 1. The van der Waals surface area contributed by atoms with Gasteiger partial charge in [-0.2, -0.15) is 0 Å². The molecule has 0 saturated heterocycles. The Bertz CT molecular complexity index is 599. The minimum Gasteiger partial charge on any atom is -0.481 e. The molecule has 116 valence electrons. The Balaban J connectivity index is 1.70. The zero-order valence-corrected chi connectivity index (χ0v) is 13.5. The number of carboxylic acid groups (broad SMARTS) is 1. The van der Waals surface area contributed by atoms with Crippen molar-refractivity contribution in [1.29, 1.82) is 0 Å². The highest BCUT2D eigenvalue weighted by atomic mass is 32.1. The number of aryl methyl sites for hydroxylation is 2. The molecule has 3 heteroatoms. The van der Waals surface area contributed by atoms with Gasteiger partial charge >= 0.3 is 5.97 Å². The van der Waals surface area contributed by atoms with Gasteiger partial charge in [0.25, 0.3) is 0 Å². The monoisotopic (exact) mass is 314 g/mol. The van der Waals surface area contributed by atoms with E-state index in [1.54, 1.807) is 0 Å². The topological polar surface area (TPSA) is 37.3 Å². The van der Waals surface area contributed by atoms with Crippen LogP contribution in [0.2, 0.25) is 0 Å². The summed E-state index contributed by atoms with van der Waals surface area (Å²) in [6, 6.07) is 14.9. The van der Waals surface area contributed by atoms with E-state index in [2.05, 4.69) is 54.6 Å². The van der Waals surface area contributed by atoms with Gasteiger partial charge in [0.05, 0.1) is 0 Å². The Morgan fingerprint density at radius 2 is 1.86 bits per heavy atom. The fourth-order valence-electron chi connectivity index (χ4n) is 2.30. The van der Waals surface area contributed by atoms with Crippen LogP contribution in [0.25, 0.3) is 6.08 Å². The van der Waals surface area contributed by atoms with Gasteiger partial charge in [0.15, 0.2) is 0 Å². The molecule has 0 radical (unpaired) electrons. The van der Waals surface area contributed by atoms with Crippen LogP contribution in [0.1, 0.15) is 41.0 Å². The number of aliphatic carboxylic acids is 1.